The largest absolute Gasteiger partial charge is 0.480 e. The van der Waals surface area contributed by atoms with E-state index in [1.807, 2.05) is 0 Å². The molecule has 1 rings (SSSR count). The Balaban J connectivity index is 2.38. The van der Waals surface area contributed by atoms with Crippen molar-refractivity contribution in [1.29, 1.82) is 0 Å². The summed E-state index contributed by atoms with van der Waals surface area (Å²) < 4.78 is 7.81. The topological polar surface area (TPSA) is 69.6 Å². The minimum atomic E-state index is -1.09. The van der Waals surface area contributed by atoms with E-state index in [4.69, 9.17) is 11.6 Å². The number of aliphatic hydroxyl groups is 1. The number of aliphatic hydroxyl groups excluding tert-OH is 1. The van der Waals surface area contributed by atoms with Crippen LogP contribution < -0.4 is 5.32 Å². The second kappa shape index (κ2) is 5.98. The van der Waals surface area contributed by atoms with Crippen molar-refractivity contribution in [3.05, 3.63) is 0 Å². The molecule has 1 unspecified atom stereocenters. The van der Waals surface area contributed by atoms with Gasteiger partial charge in [-0.05, 0) is 25.3 Å². The molecule has 0 aromatic carbocycles. The minimum absolute atomic E-state index is 0.229. The number of rotatable bonds is 5. The minimum Gasteiger partial charge on any atom is -0.480 e. The first kappa shape index (κ1) is 9.93. The third kappa shape index (κ3) is 3.64. The third-order valence-electron chi connectivity index (χ3n) is 2.66. The van der Waals surface area contributed by atoms with Gasteiger partial charge < -0.3 is 15.5 Å². The third-order valence-corrected chi connectivity index (χ3v) is 2.66. The van der Waals surface area contributed by atoms with Crippen molar-refractivity contribution in [2.75, 3.05) is 13.1 Å². The van der Waals surface area contributed by atoms with E-state index >= 15 is 0 Å². The molecule has 82 valence electrons. The fourth-order valence-corrected chi connectivity index (χ4v) is 1.76. The molecule has 0 aromatic heterocycles. The highest BCUT2D eigenvalue weighted by Gasteiger charge is 2.18. The molecule has 2 atom stereocenters. The van der Waals surface area contributed by atoms with Crippen LogP contribution in [0, 0.1) is 5.92 Å². The van der Waals surface area contributed by atoms with Crippen LogP contribution in [0.1, 0.15) is 33.5 Å². The summed E-state index contributed by atoms with van der Waals surface area (Å²) >= 11 is 0. The Labute approximate surface area is 85.7 Å². The number of carboxylic acid groups (broad SMARTS) is 1. The molecule has 14 heavy (non-hydrogen) atoms. The first-order chi connectivity index (χ1) is 7.15. The summed E-state index contributed by atoms with van der Waals surface area (Å²) in [6.07, 6.45) is 5.43. The molecule has 0 aliphatic heterocycles. The van der Waals surface area contributed by atoms with Crippen molar-refractivity contribution in [2.45, 2.75) is 38.1 Å². The van der Waals surface area contributed by atoms with E-state index in [0.717, 1.165) is 25.7 Å². The molecule has 1 saturated carbocycles. The van der Waals surface area contributed by atoms with E-state index in [1.54, 1.807) is 0 Å². The average Bonchev–Trinajstić information content (AvgIpc) is 2.26. The second-order valence-corrected chi connectivity index (χ2v) is 3.80. The Hall–Kier alpha value is -0.610. The van der Waals surface area contributed by atoms with E-state index in [1.165, 1.54) is 6.42 Å². The summed E-state index contributed by atoms with van der Waals surface area (Å²) in [4.78, 5) is 10.6. The van der Waals surface area contributed by atoms with Crippen LogP contribution in [0.25, 0.3) is 0 Å². The lowest BCUT2D eigenvalue weighted by atomic mass is 9.89. The predicted molar refractivity (Wildman–Crippen MR) is 53.1 cm³/mol. The Bertz CT molecular complexity index is 207. The van der Waals surface area contributed by atoms with E-state index in [-0.39, 0.29) is 5.92 Å². The van der Waals surface area contributed by atoms with E-state index < -0.39 is 25.1 Å². The highest BCUT2D eigenvalue weighted by atomic mass is 16.4. The molecular weight excluding hydrogens is 182 g/mol. The van der Waals surface area contributed by atoms with Crippen LogP contribution in [-0.4, -0.2) is 35.4 Å². The number of hydrogen-bond acceptors (Lipinski definition) is 3. The van der Waals surface area contributed by atoms with Gasteiger partial charge in [0.2, 0.25) is 0 Å². The van der Waals surface area contributed by atoms with Gasteiger partial charge in [-0.15, -0.1) is 0 Å². The summed E-state index contributed by atoms with van der Waals surface area (Å²) in [7, 11) is 0. The Kier molecular flexibility index (Phi) is 4.24. The van der Waals surface area contributed by atoms with Crippen molar-refractivity contribution in [1.82, 2.24) is 5.32 Å². The zero-order valence-electron chi connectivity index (χ0n) is 9.28. The maximum atomic E-state index is 10.6. The molecular formula is C10H19NO3. The molecule has 4 heteroatoms. The van der Waals surface area contributed by atoms with E-state index in [2.05, 4.69) is 5.32 Å². The maximum absolute atomic E-state index is 10.6. The second-order valence-electron chi connectivity index (χ2n) is 3.80. The van der Waals surface area contributed by atoms with Crippen LogP contribution in [-0.2, 0) is 4.79 Å². The fraction of sp³-hybridized carbons (Fsp3) is 0.900. The van der Waals surface area contributed by atoms with Crippen molar-refractivity contribution >= 4 is 5.97 Å². The monoisotopic (exact) mass is 202 g/mol. The molecule has 0 spiro atoms. The molecule has 1 fully saturated rings. The highest BCUT2D eigenvalue weighted by molar-refractivity contribution is 5.73. The average molecular weight is 202 g/mol. The standard InChI is InChI=1S/C10H19NO3/c12-7-9(10(13)14)11-6-8-4-2-1-3-5-8/h8-9,11-12H,1-7H2,(H,13,14)/t9-/m0/s1/i6D/t6?,9-. The first-order valence-corrected chi connectivity index (χ1v) is 5.17. The molecule has 0 amide bonds. The fourth-order valence-electron chi connectivity index (χ4n) is 1.76. The highest BCUT2D eigenvalue weighted by Crippen LogP contribution is 2.22. The Morgan fingerprint density at radius 2 is 2.14 bits per heavy atom. The summed E-state index contributed by atoms with van der Waals surface area (Å²) in [5.41, 5.74) is 0. The first-order valence-electron chi connectivity index (χ1n) is 5.75. The molecule has 0 heterocycles. The molecule has 3 N–H and O–H groups in total. The summed E-state index contributed by atoms with van der Waals surface area (Å²) in [5.74, 6) is -0.863. The Morgan fingerprint density at radius 1 is 1.50 bits per heavy atom. The van der Waals surface area contributed by atoms with Crippen LogP contribution in [0.3, 0.4) is 0 Å². The number of nitrogens with one attached hydrogen (secondary N) is 1. The zero-order valence-corrected chi connectivity index (χ0v) is 8.28. The van der Waals surface area contributed by atoms with E-state index in [9.17, 15) is 4.79 Å². The quantitative estimate of drug-likeness (QED) is 0.610. The van der Waals surface area contributed by atoms with Crippen LogP contribution in [0.5, 0.6) is 0 Å². The van der Waals surface area contributed by atoms with Crippen molar-refractivity contribution in [3.63, 3.8) is 0 Å². The van der Waals surface area contributed by atoms with E-state index in [0.29, 0.717) is 0 Å². The summed E-state index contributed by atoms with van der Waals surface area (Å²) in [5, 5.41) is 20.2. The molecule has 0 bridgehead atoms. The van der Waals surface area contributed by atoms with Crippen molar-refractivity contribution in [3.8, 4) is 0 Å². The summed E-state index contributed by atoms with van der Waals surface area (Å²) in [6.45, 7) is -1.03. The molecule has 0 saturated heterocycles. The van der Waals surface area contributed by atoms with Gasteiger partial charge >= 0.3 is 5.97 Å². The SMILES string of the molecule is [2H]C(N[C@@H](CO)C(=O)O)C1CCCCC1. The van der Waals surface area contributed by atoms with Gasteiger partial charge in [0.25, 0.3) is 0 Å². The van der Waals surface area contributed by atoms with Crippen LogP contribution in [0.15, 0.2) is 0 Å². The lowest BCUT2D eigenvalue weighted by Crippen LogP contribution is -2.42. The molecule has 1 aliphatic carbocycles. The molecule has 4 nitrogen and oxygen atoms in total. The van der Waals surface area contributed by atoms with Crippen LogP contribution in [0.2, 0.25) is 0 Å². The number of aliphatic carboxylic acids is 1. The van der Waals surface area contributed by atoms with Gasteiger partial charge in [0, 0.05) is 1.37 Å². The van der Waals surface area contributed by atoms with Crippen LogP contribution >= 0.6 is 0 Å². The maximum Gasteiger partial charge on any atom is 0.323 e. The Morgan fingerprint density at radius 3 is 2.64 bits per heavy atom. The van der Waals surface area contributed by atoms with Gasteiger partial charge in [0.15, 0.2) is 0 Å². The predicted octanol–water partition coefficient (Wildman–Crippen LogP) is 0.602. The molecule has 1 aliphatic rings. The lowest BCUT2D eigenvalue weighted by Gasteiger charge is -2.23. The number of hydrogen-bond donors (Lipinski definition) is 3. The number of carboxylic acids is 1. The van der Waals surface area contributed by atoms with Crippen molar-refractivity contribution in [2.24, 2.45) is 5.92 Å². The van der Waals surface area contributed by atoms with Gasteiger partial charge in [-0.1, -0.05) is 19.3 Å². The van der Waals surface area contributed by atoms with Crippen molar-refractivity contribution < 1.29 is 16.4 Å². The molecule has 0 radical (unpaired) electrons. The normalized spacial score (nSPS) is 23.9. The van der Waals surface area contributed by atoms with Gasteiger partial charge in [0.1, 0.15) is 6.04 Å². The van der Waals surface area contributed by atoms with Crippen LogP contribution in [0.4, 0.5) is 0 Å². The zero-order chi connectivity index (χ0) is 11.3. The van der Waals surface area contributed by atoms with Gasteiger partial charge in [0.05, 0.1) is 6.61 Å². The molecule has 0 aromatic rings. The smallest absolute Gasteiger partial charge is 0.323 e. The lowest BCUT2D eigenvalue weighted by molar-refractivity contribution is -0.140. The van der Waals surface area contributed by atoms with Gasteiger partial charge in [-0.25, -0.2) is 0 Å². The number of carbonyl (C=O) groups is 1. The summed E-state index contributed by atoms with van der Waals surface area (Å²) in [6, 6.07) is -1.01. The van der Waals surface area contributed by atoms with Gasteiger partial charge in [-0.3, -0.25) is 4.79 Å². The van der Waals surface area contributed by atoms with Gasteiger partial charge in [-0.2, -0.15) is 0 Å².